The smallest absolute Gasteiger partial charge is 0.309 e. The molecular weight excluding hydrogens is 297 g/mol. The number of hydrogen-bond donors (Lipinski definition) is 1. The number of nitrogens with zero attached hydrogens (tertiary/aromatic N) is 1. The second-order valence-corrected chi connectivity index (χ2v) is 5.79. The van der Waals surface area contributed by atoms with Crippen LogP contribution < -0.4 is 4.74 Å². The minimum absolute atomic E-state index is 0.233. The van der Waals surface area contributed by atoms with Crippen LogP contribution >= 0.6 is 0 Å². The van der Waals surface area contributed by atoms with Gasteiger partial charge in [-0.2, -0.15) is 0 Å². The molecule has 3 rings (SSSR count). The zero-order valence-corrected chi connectivity index (χ0v) is 12.6. The van der Waals surface area contributed by atoms with E-state index in [2.05, 4.69) is 4.90 Å². The van der Waals surface area contributed by atoms with Gasteiger partial charge in [-0.05, 0) is 35.4 Å². The van der Waals surface area contributed by atoms with E-state index >= 15 is 0 Å². The molecule has 1 N–H and O–H groups in total. The predicted molar refractivity (Wildman–Crippen MR) is 83.6 cm³/mol. The Bertz CT molecular complexity index is 681. The topological polar surface area (TPSA) is 49.8 Å². The molecule has 0 aliphatic carbocycles. The highest BCUT2D eigenvalue weighted by Crippen LogP contribution is 2.20. The van der Waals surface area contributed by atoms with Gasteiger partial charge in [0.15, 0.2) is 0 Å². The maximum Gasteiger partial charge on any atom is 0.309 e. The van der Waals surface area contributed by atoms with Crippen LogP contribution in [-0.4, -0.2) is 29.1 Å². The third-order valence-electron chi connectivity index (χ3n) is 3.93. The van der Waals surface area contributed by atoms with Gasteiger partial charge in [0.05, 0.1) is 5.92 Å². The van der Waals surface area contributed by atoms with Crippen LogP contribution in [0.3, 0.4) is 0 Å². The molecule has 0 saturated carbocycles. The van der Waals surface area contributed by atoms with Gasteiger partial charge in [-0.15, -0.1) is 0 Å². The van der Waals surface area contributed by atoms with Gasteiger partial charge in [-0.25, -0.2) is 4.39 Å². The van der Waals surface area contributed by atoms with E-state index in [1.807, 2.05) is 30.3 Å². The van der Waals surface area contributed by atoms with Crippen molar-refractivity contribution in [3.63, 3.8) is 0 Å². The van der Waals surface area contributed by atoms with Crippen molar-refractivity contribution in [3.05, 3.63) is 65.5 Å². The number of ether oxygens (including phenoxy) is 1. The van der Waals surface area contributed by atoms with Gasteiger partial charge in [0.25, 0.3) is 0 Å². The first-order chi connectivity index (χ1) is 11.1. The van der Waals surface area contributed by atoms with Crippen LogP contribution in [-0.2, 0) is 17.9 Å². The number of aliphatic carboxylic acids is 1. The second kappa shape index (κ2) is 6.79. The molecule has 0 unspecified atom stereocenters. The lowest BCUT2D eigenvalue weighted by Gasteiger charge is -2.36. The quantitative estimate of drug-likeness (QED) is 0.890. The lowest BCUT2D eigenvalue weighted by Crippen LogP contribution is -2.49. The summed E-state index contributed by atoms with van der Waals surface area (Å²) < 4.78 is 18.7. The highest BCUT2D eigenvalue weighted by molar-refractivity contribution is 5.71. The zero-order chi connectivity index (χ0) is 16.2. The number of carboxylic acid groups (broad SMARTS) is 1. The molecule has 0 atom stereocenters. The number of benzene rings is 2. The Morgan fingerprint density at radius 3 is 2.57 bits per heavy atom. The summed E-state index contributed by atoms with van der Waals surface area (Å²) in [5, 5.41) is 8.86. The number of carbonyl (C=O) groups is 1. The number of halogens is 1. The first kappa shape index (κ1) is 15.5. The van der Waals surface area contributed by atoms with Crippen molar-refractivity contribution >= 4 is 5.97 Å². The molecular formula is C18H18FNO3. The van der Waals surface area contributed by atoms with Crippen LogP contribution in [0.1, 0.15) is 11.1 Å². The fraction of sp³-hybridized carbons (Fsp3) is 0.278. The summed E-state index contributed by atoms with van der Waals surface area (Å²) in [7, 11) is 0. The van der Waals surface area contributed by atoms with E-state index in [4.69, 9.17) is 9.84 Å². The zero-order valence-electron chi connectivity index (χ0n) is 12.6. The summed E-state index contributed by atoms with van der Waals surface area (Å²) in [5.74, 6) is -0.494. The number of hydrogen-bond acceptors (Lipinski definition) is 3. The van der Waals surface area contributed by atoms with Gasteiger partial charge < -0.3 is 9.84 Å². The summed E-state index contributed by atoms with van der Waals surface area (Å²) in [6, 6.07) is 14.0. The molecule has 1 saturated heterocycles. The molecule has 0 aromatic heterocycles. The van der Waals surface area contributed by atoms with E-state index in [0.717, 1.165) is 23.4 Å². The minimum atomic E-state index is -0.720. The molecule has 1 fully saturated rings. The van der Waals surface area contributed by atoms with E-state index in [1.165, 1.54) is 12.1 Å². The van der Waals surface area contributed by atoms with Crippen LogP contribution in [0.15, 0.2) is 48.5 Å². The Balaban J connectivity index is 1.48. The summed E-state index contributed by atoms with van der Waals surface area (Å²) in [5.41, 5.74) is 1.90. The number of rotatable bonds is 6. The highest BCUT2D eigenvalue weighted by atomic mass is 19.1. The summed E-state index contributed by atoms with van der Waals surface area (Å²) in [6.45, 7) is 2.28. The van der Waals surface area contributed by atoms with Crippen molar-refractivity contribution in [1.82, 2.24) is 4.90 Å². The average molecular weight is 315 g/mol. The third-order valence-corrected chi connectivity index (χ3v) is 3.93. The predicted octanol–water partition coefficient (Wildman–Crippen LogP) is 2.92. The van der Waals surface area contributed by atoms with E-state index in [9.17, 15) is 9.18 Å². The Kier molecular flexibility index (Phi) is 4.57. The van der Waals surface area contributed by atoms with Crippen molar-refractivity contribution in [2.75, 3.05) is 13.1 Å². The van der Waals surface area contributed by atoms with Gasteiger partial charge >= 0.3 is 5.97 Å². The molecule has 2 aromatic carbocycles. The molecule has 0 spiro atoms. The molecule has 0 bridgehead atoms. The summed E-state index contributed by atoms with van der Waals surface area (Å²) >= 11 is 0. The third kappa shape index (κ3) is 4.07. The lowest BCUT2D eigenvalue weighted by atomic mass is 10.00. The van der Waals surface area contributed by atoms with Crippen LogP contribution in [0, 0.1) is 11.7 Å². The molecule has 0 radical (unpaired) electrons. The first-order valence-corrected chi connectivity index (χ1v) is 7.51. The standard InChI is InChI=1S/C18H18FNO3/c19-16-3-1-2-14(8-16)12-23-17-6-4-13(5-7-17)9-20-10-15(11-20)18(21)22/h1-8,15H,9-12H2,(H,21,22). The van der Waals surface area contributed by atoms with Gasteiger partial charge in [-0.1, -0.05) is 24.3 Å². The van der Waals surface area contributed by atoms with Crippen molar-refractivity contribution in [2.24, 2.45) is 5.92 Å². The largest absolute Gasteiger partial charge is 0.489 e. The van der Waals surface area contributed by atoms with Crippen LogP contribution in [0.25, 0.3) is 0 Å². The average Bonchev–Trinajstić information content (AvgIpc) is 2.49. The fourth-order valence-corrected chi connectivity index (χ4v) is 2.60. The number of carboxylic acids is 1. The monoisotopic (exact) mass is 315 g/mol. The van der Waals surface area contributed by atoms with Crippen molar-refractivity contribution in [2.45, 2.75) is 13.2 Å². The van der Waals surface area contributed by atoms with Gasteiger partial charge in [0.2, 0.25) is 0 Å². The lowest BCUT2D eigenvalue weighted by molar-refractivity contribution is -0.147. The highest BCUT2D eigenvalue weighted by Gasteiger charge is 2.31. The van der Waals surface area contributed by atoms with E-state index in [1.54, 1.807) is 6.07 Å². The van der Waals surface area contributed by atoms with Crippen molar-refractivity contribution in [3.8, 4) is 5.75 Å². The molecule has 1 heterocycles. The molecule has 2 aromatic rings. The molecule has 23 heavy (non-hydrogen) atoms. The SMILES string of the molecule is O=C(O)C1CN(Cc2ccc(OCc3cccc(F)c3)cc2)C1. The normalized spacial score (nSPS) is 15.2. The minimum Gasteiger partial charge on any atom is -0.489 e. The maximum absolute atomic E-state index is 13.1. The molecule has 120 valence electrons. The van der Waals surface area contributed by atoms with E-state index < -0.39 is 5.97 Å². The first-order valence-electron chi connectivity index (χ1n) is 7.51. The molecule has 4 nitrogen and oxygen atoms in total. The molecule has 5 heteroatoms. The Hall–Kier alpha value is -2.40. The number of likely N-dealkylation sites (tertiary alicyclic amines) is 1. The molecule has 1 aliphatic rings. The van der Waals surface area contributed by atoms with Crippen LogP contribution in [0.2, 0.25) is 0 Å². The van der Waals surface area contributed by atoms with Crippen molar-refractivity contribution < 1.29 is 19.0 Å². The summed E-state index contributed by atoms with van der Waals surface area (Å²) in [6.07, 6.45) is 0. The second-order valence-electron chi connectivity index (χ2n) is 5.79. The van der Waals surface area contributed by atoms with Gasteiger partial charge in [-0.3, -0.25) is 9.69 Å². The van der Waals surface area contributed by atoms with Crippen molar-refractivity contribution in [1.29, 1.82) is 0 Å². The molecule has 0 amide bonds. The van der Waals surface area contributed by atoms with E-state index in [-0.39, 0.29) is 11.7 Å². The van der Waals surface area contributed by atoms with Crippen LogP contribution in [0.5, 0.6) is 5.75 Å². The van der Waals surface area contributed by atoms with E-state index in [0.29, 0.717) is 19.7 Å². The van der Waals surface area contributed by atoms with Gasteiger partial charge in [0.1, 0.15) is 18.2 Å². The Labute approximate surface area is 134 Å². The fourth-order valence-electron chi connectivity index (χ4n) is 2.60. The Morgan fingerprint density at radius 1 is 1.17 bits per heavy atom. The molecule has 1 aliphatic heterocycles. The van der Waals surface area contributed by atoms with Gasteiger partial charge in [0, 0.05) is 19.6 Å². The van der Waals surface area contributed by atoms with Crippen LogP contribution in [0.4, 0.5) is 4.39 Å². The maximum atomic E-state index is 13.1. The summed E-state index contributed by atoms with van der Waals surface area (Å²) in [4.78, 5) is 12.9. The Morgan fingerprint density at radius 2 is 1.91 bits per heavy atom.